The number of hydrogen-bond donors (Lipinski definition) is 0. The molecule has 152 valence electrons. The van der Waals surface area contributed by atoms with Crippen molar-refractivity contribution in [2.45, 2.75) is 17.7 Å². The molecule has 0 fully saturated rings. The highest BCUT2D eigenvalue weighted by Gasteiger charge is 2.21. The third-order valence-corrected chi connectivity index (χ3v) is 6.76. The number of benzene rings is 3. The van der Waals surface area contributed by atoms with Crippen LogP contribution in [0, 0.1) is 5.82 Å². The summed E-state index contributed by atoms with van der Waals surface area (Å²) >= 11 is 0. The van der Waals surface area contributed by atoms with Crippen molar-refractivity contribution in [3.8, 4) is 0 Å². The number of carbonyl (C=O) groups excluding carboxylic acids is 1. The van der Waals surface area contributed by atoms with Gasteiger partial charge in [-0.15, -0.1) is 0 Å². The van der Waals surface area contributed by atoms with Gasteiger partial charge < -0.3 is 4.90 Å². The summed E-state index contributed by atoms with van der Waals surface area (Å²) in [5.41, 5.74) is 0.820. The van der Waals surface area contributed by atoms with Gasteiger partial charge in [-0.1, -0.05) is 36.4 Å². The fraction of sp³-hybridized carbons (Fsp3) is 0.227. The fourth-order valence-corrected chi connectivity index (χ4v) is 4.37. The Balaban J connectivity index is 1.62. The maximum atomic E-state index is 13.0. The number of halogens is 1. The Labute approximate surface area is 170 Å². The molecule has 0 aliphatic rings. The van der Waals surface area contributed by atoms with Crippen molar-refractivity contribution in [3.63, 3.8) is 0 Å². The molecule has 0 spiro atoms. The lowest BCUT2D eigenvalue weighted by Crippen LogP contribution is -2.30. The van der Waals surface area contributed by atoms with Crippen molar-refractivity contribution < 1.29 is 17.6 Å². The number of hydrogen-bond acceptors (Lipinski definition) is 3. The molecule has 1 amide bonds. The summed E-state index contributed by atoms with van der Waals surface area (Å²) < 4.78 is 39.3. The van der Waals surface area contributed by atoms with Crippen LogP contribution in [-0.4, -0.2) is 39.3 Å². The Kier molecular flexibility index (Phi) is 6.30. The van der Waals surface area contributed by atoms with E-state index in [0.717, 1.165) is 28.6 Å². The molecule has 0 saturated carbocycles. The van der Waals surface area contributed by atoms with Crippen LogP contribution in [0.3, 0.4) is 0 Å². The van der Waals surface area contributed by atoms with Gasteiger partial charge in [-0.2, -0.15) is 0 Å². The van der Waals surface area contributed by atoms with Gasteiger partial charge in [0.15, 0.2) is 0 Å². The van der Waals surface area contributed by atoms with Crippen molar-refractivity contribution in [2.75, 3.05) is 25.5 Å². The molecule has 7 heteroatoms. The quantitative estimate of drug-likeness (QED) is 0.586. The molecular weight excluding hydrogens is 391 g/mol. The molecule has 0 bridgehead atoms. The number of anilines is 1. The topological polar surface area (TPSA) is 57.7 Å². The molecule has 3 aromatic rings. The predicted molar refractivity (Wildman–Crippen MR) is 113 cm³/mol. The summed E-state index contributed by atoms with van der Waals surface area (Å²) in [5.74, 6) is -0.581. The minimum atomic E-state index is -3.71. The van der Waals surface area contributed by atoms with Crippen LogP contribution in [0.2, 0.25) is 0 Å². The SMILES string of the molecule is CN(C(=O)CCCN(C)S(=O)(=O)c1ccc(F)cc1)c1cccc2ccccc12. The molecule has 0 radical (unpaired) electrons. The zero-order chi connectivity index (χ0) is 21.0. The Morgan fingerprint density at radius 2 is 1.59 bits per heavy atom. The number of nitrogens with zero attached hydrogens (tertiary/aromatic N) is 2. The van der Waals surface area contributed by atoms with Gasteiger partial charge in [0.25, 0.3) is 0 Å². The van der Waals surface area contributed by atoms with E-state index in [1.807, 2.05) is 42.5 Å². The molecule has 0 atom stereocenters. The van der Waals surface area contributed by atoms with Crippen LogP contribution in [0.1, 0.15) is 12.8 Å². The Morgan fingerprint density at radius 3 is 2.31 bits per heavy atom. The van der Waals surface area contributed by atoms with Crippen molar-refractivity contribution in [1.29, 1.82) is 0 Å². The lowest BCUT2D eigenvalue weighted by molar-refractivity contribution is -0.118. The van der Waals surface area contributed by atoms with E-state index in [2.05, 4.69) is 0 Å². The van der Waals surface area contributed by atoms with E-state index < -0.39 is 15.8 Å². The van der Waals surface area contributed by atoms with E-state index >= 15 is 0 Å². The average molecular weight is 415 g/mol. The van der Waals surface area contributed by atoms with Gasteiger partial charge in [-0.25, -0.2) is 17.1 Å². The van der Waals surface area contributed by atoms with Crippen molar-refractivity contribution in [3.05, 3.63) is 72.5 Å². The van der Waals surface area contributed by atoms with Crippen LogP contribution in [0.4, 0.5) is 10.1 Å². The highest BCUT2D eigenvalue weighted by atomic mass is 32.2. The smallest absolute Gasteiger partial charge is 0.242 e. The monoisotopic (exact) mass is 414 g/mol. The zero-order valence-corrected chi connectivity index (χ0v) is 17.2. The van der Waals surface area contributed by atoms with Crippen LogP contribution in [0.15, 0.2) is 71.6 Å². The number of rotatable bonds is 7. The van der Waals surface area contributed by atoms with Gasteiger partial charge in [-0.3, -0.25) is 4.79 Å². The molecule has 3 aromatic carbocycles. The molecule has 3 rings (SSSR count). The summed E-state index contributed by atoms with van der Waals surface area (Å²) in [5, 5.41) is 2.04. The molecule has 0 aromatic heterocycles. The number of amides is 1. The molecule has 0 aliphatic heterocycles. The number of carbonyl (C=O) groups is 1. The molecular formula is C22H23FN2O3S. The summed E-state index contributed by atoms with van der Waals surface area (Å²) in [4.78, 5) is 14.3. The molecule has 5 nitrogen and oxygen atoms in total. The third-order valence-electron chi connectivity index (χ3n) is 4.89. The van der Waals surface area contributed by atoms with E-state index in [1.165, 1.54) is 23.5 Å². The first-order chi connectivity index (χ1) is 13.8. The molecule has 29 heavy (non-hydrogen) atoms. The van der Waals surface area contributed by atoms with Gasteiger partial charge >= 0.3 is 0 Å². The van der Waals surface area contributed by atoms with E-state index in [-0.39, 0.29) is 23.8 Å². The number of fused-ring (bicyclic) bond motifs is 1. The normalized spacial score (nSPS) is 11.7. The second-order valence-corrected chi connectivity index (χ2v) is 8.88. The average Bonchev–Trinajstić information content (AvgIpc) is 2.72. The van der Waals surface area contributed by atoms with Crippen LogP contribution >= 0.6 is 0 Å². The van der Waals surface area contributed by atoms with Crippen LogP contribution in [-0.2, 0) is 14.8 Å². The molecule has 0 saturated heterocycles. The molecule has 0 aliphatic carbocycles. The van der Waals surface area contributed by atoms with Crippen molar-refractivity contribution in [2.24, 2.45) is 0 Å². The lowest BCUT2D eigenvalue weighted by atomic mass is 10.1. The van der Waals surface area contributed by atoms with Crippen LogP contribution < -0.4 is 4.90 Å². The lowest BCUT2D eigenvalue weighted by Gasteiger charge is -2.21. The third kappa shape index (κ3) is 4.63. The van der Waals surface area contributed by atoms with E-state index in [1.54, 1.807) is 11.9 Å². The predicted octanol–water partition coefficient (Wildman–Crippen LogP) is 4.04. The van der Waals surface area contributed by atoms with Crippen molar-refractivity contribution in [1.82, 2.24) is 4.31 Å². The summed E-state index contributed by atoms with van der Waals surface area (Å²) in [7, 11) is -0.532. The van der Waals surface area contributed by atoms with Crippen molar-refractivity contribution >= 4 is 32.4 Å². The minimum Gasteiger partial charge on any atom is -0.315 e. The van der Waals surface area contributed by atoms with Crippen LogP contribution in [0.5, 0.6) is 0 Å². The largest absolute Gasteiger partial charge is 0.315 e. The van der Waals surface area contributed by atoms with Gasteiger partial charge in [0.2, 0.25) is 15.9 Å². The van der Waals surface area contributed by atoms with Gasteiger partial charge in [0, 0.05) is 32.4 Å². The maximum absolute atomic E-state index is 13.0. The second kappa shape index (κ2) is 8.71. The first-order valence-corrected chi connectivity index (χ1v) is 10.7. The van der Waals surface area contributed by atoms with Gasteiger partial charge in [0.05, 0.1) is 10.6 Å². The van der Waals surface area contributed by atoms with Gasteiger partial charge in [0.1, 0.15) is 5.82 Å². The number of sulfonamides is 1. The van der Waals surface area contributed by atoms with Crippen LogP contribution in [0.25, 0.3) is 10.8 Å². The van der Waals surface area contributed by atoms with E-state index in [0.29, 0.717) is 6.42 Å². The maximum Gasteiger partial charge on any atom is 0.242 e. The highest BCUT2D eigenvalue weighted by molar-refractivity contribution is 7.89. The summed E-state index contributed by atoms with van der Waals surface area (Å²) in [6.45, 7) is 0.189. The molecule has 0 N–H and O–H groups in total. The first-order valence-electron chi connectivity index (χ1n) is 9.27. The Bertz CT molecular complexity index is 1110. The fourth-order valence-electron chi connectivity index (χ4n) is 3.16. The van der Waals surface area contributed by atoms with Gasteiger partial charge in [-0.05, 0) is 42.1 Å². The standard InChI is InChI=1S/C22H23FN2O3S/c1-24(29(27,28)19-14-12-18(23)13-15-19)16-6-11-22(26)25(2)21-10-5-8-17-7-3-4-9-20(17)21/h3-5,7-10,12-15H,6,11,16H2,1-2H3. The second-order valence-electron chi connectivity index (χ2n) is 6.84. The Morgan fingerprint density at radius 1 is 0.931 bits per heavy atom. The van der Waals surface area contributed by atoms with E-state index in [9.17, 15) is 17.6 Å². The summed E-state index contributed by atoms with van der Waals surface area (Å²) in [6.07, 6.45) is 0.591. The molecule has 0 unspecified atom stereocenters. The Hall–Kier alpha value is -2.77. The highest BCUT2D eigenvalue weighted by Crippen LogP contribution is 2.26. The molecule has 0 heterocycles. The van der Waals surface area contributed by atoms with E-state index in [4.69, 9.17) is 0 Å². The first kappa shape index (κ1) is 21.0. The summed E-state index contributed by atoms with van der Waals surface area (Å²) in [6, 6.07) is 18.3. The minimum absolute atomic E-state index is 0.0283. The zero-order valence-electron chi connectivity index (χ0n) is 16.4.